The van der Waals surface area contributed by atoms with Crippen LogP contribution in [-0.2, 0) is 0 Å². The summed E-state index contributed by atoms with van der Waals surface area (Å²) in [6, 6.07) is 5.94. The van der Waals surface area contributed by atoms with E-state index in [1.807, 2.05) is 18.2 Å². The molecular formula is C15H24N2O. The summed E-state index contributed by atoms with van der Waals surface area (Å²) in [5.74, 6) is 1.80. The first-order valence-corrected chi connectivity index (χ1v) is 7.06. The number of anilines is 2. The summed E-state index contributed by atoms with van der Waals surface area (Å²) >= 11 is 0. The van der Waals surface area contributed by atoms with Gasteiger partial charge in [-0.1, -0.05) is 25.8 Å². The van der Waals surface area contributed by atoms with E-state index in [0.717, 1.165) is 42.6 Å². The largest absolute Gasteiger partial charge is 0.491 e. The summed E-state index contributed by atoms with van der Waals surface area (Å²) in [5, 5.41) is 3.41. The molecule has 1 aromatic rings. The first kappa shape index (κ1) is 13.1. The topological polar surface area (TPSA) is 47.3 Å². The van der Waals surface area contributed by atoms with Gasteiger partial charge in [0.05, 0.1) is 18.0 Å². The van der Waals surface area contributed by atoms with E-state index in [2.05, 4.69) is 12.2 Å². The molecule has 3 heteroatoms. The van der Waals surface area contributed by atoms with Crippen LogP contribution in [0, 0.1) is 5.92 Å². The minimum atomic E-state index is 0.718. The number of ether oxygens (including phenoxy) is 1. The van der Waals surface area contributed by atoms with Crippen LogP contribution in [0.1, 0.15) is 39.0 Å². The number of nitrogen functional groups attached to an aromatic ring is 1. The highest BCUT2D eigenvalue weighted by Crippen LogP contribution is 2.34. The molecule has 1 aliphatic rings. The maximum Gasteiger partial charge on any atom is 0.144 e. The first-order chi connectivity index (χ1) is 8.81. The number of para-hydroxylation sites is 1. The highest BCUT2D eigenvalue weighted by atomic mass is 16.5. The van der Waals surface area contributed by atoms with Gasteiger partial charge in [0, 0.05) is 6.54 Å². The standard InChI is InChI=1S/C15H24N2O/c1-2-11-18-14-7-3-6-13(15(14)16)17-10-4-5-12-8-9-12/h3,6-7,12,17H,2,4-5,8-11,16H2,1H3. The smallest absolute Gasteiger partial charge is 0.144 e. The Morgan fingerprint density at radius 1 is 1.39 bits per heavy atom. The molecule has 3 nitrogen and oxygen atoms in total. The van der Waals surface area contributed by atoms with E-state index in [-0.39, 0.29) is 0 Å². The molecule has 0 aliphatic heterocycles. The molecule has 3 N–H and O–H groups in total. The first-order valence-electron chi connectivity index (χ1n) is 7.06. The van der Waals surface area contributed by atoms with Crippen molar-refractivity contribution in [2.75, 3.05) is 24.2 Å². The van der Waals surface area contributed by atoms with Crippen molar-refractivity contribution in [2.45, 2.75) is 39.0 Å². The molecule has 2 rings (SSSR count). The maximum atomic E-state index is 6.09. The third-order valence-electron chi connectivity index (χ3n) is 3.33. The summed E-state index contributed by atoms with van der Waals surface area (Å²) in [5.41, 5.74) is 7.82. The van der Waals surface area contributed by atoms with Crippen LogP contribution in [-0.4, -0.2) is 13.2 Å². The summed E-state index contributed by atoms with van der Waals surface area (Å²) in [6.45, 7) is 3.81. The number of hydrogen-bond acceptors (Lipinski definition) is 3. The Bertz CT molecular complexity index is 375. The SMILES string of the molecule is CCCOc1cccc(NCCCC2CC2)c1N. The van der Waals surface area contributed by atoms with Crippen LogP contribution in [0.4, 0.5) is 11.4 Å². The van der Waals surface area contributed by atoms with Gasteiger partial charge in [0.25, 0.3) is 0 Å². The van der Waals surface area contributed by atoms with Crippen molar-refractivity contribution in [3.05, 3.63) is 18.2 Å². The summed E-state index contributed by atoms with van der Waals surface area (Å²) in [7, 11) is 0. The van der Waals surface area contributed by atoms with Crippen LogP contribution >= 0.6 is 0 Å². The van der Waals surface area contributed by atoms with Gasteiger partial charge >= 0.3 is 0 Å². The van der Waals surface area contributed by atoms with E-state index in [4.69, 9.17) is 10.5 Å². The van der Waals surface area contributed by atoms with Crippen molar-refractivity contribution in [3.8, 4) is 5.75 Å². The second kappa shape index (κ2) is 6.53. The average Bonchev–Trinajstić information content (AvgIpc) is 3.19. The molecular weight excluding hydrogens is 224 g/mol. The summed E-state index contributed by atoms with van der Waals surface area (Å²) in [4.78, 5) is 0. The maximum absolute atomic E-state index is 6.09. The minimum absolute atomic E-state index is 0.718. The molecule has 1 aromatic carbocycles. The lowest BCUT2D eigenvalue weighted by Gasteiger charge is -2.13. The van der Waals surface area contributed by atoms with Gasteiger partial charge in [0.15, 0.2) is 0 Å². The molecule has 1 aliphatic carbocycles. The van der Waals surface area contributed by atoms with Crippen molar-refractivity contribution in [2.24, 2.45) is 5.92 Å². The predicted molar refractivity (Wildman–Crippen MR) is 77.1 cm³/mol. The van der Waals surface area contributed by atoms with Crippen molar-refractivity contribution in [1.29, 1.82) is 0 Å². The number of nitrogens with one attached hydrogen (secondary N) is 1. The Morgan fingerprint density at radius 2 is 2.22 bits per heavy atom. The van der Waals surface area contributed by atoms with Crippen molar-refractivity contribution < 1.29 is 4.74 Å². The lowest BCUT2D eigenvalue weighted by Crippen LogP contribution is -2.06. The summed E-state index contributed by atoms with van der Waals surface area (Å²) in [6.07, 6.45) is 6.44. The van der Waals surface area contributed by atoms with E-state index in [9.17, 15) is 0 Å². The molecule has 0 atom stereocenters. The molecule has 18 heavy (non-hydrogen) atoms. The Morgan fingerprint density at radius 3 is 2.94 bits per heavy atom. The fraction of sp³-hybridized carbons (Fsp3) is 0.600. The fourth-order valence-corrected chi connectivity index (χ4v) is 2.06. The lowest BCUT2D eigenvalue weighted by atomic mass is 10.2. The van der Waals surface area contributed by atoms with Gasteiger partial charge in [0.2, 0.25) is 0 Å². The van der Waals surface area contributed by atoms with Crippen molar-refractivity contribution in [1.82, 2.24) is 0 Å². The highest BCUT2D eigenvalue weighted by Gasteiger charge is 2.19. The Hall–Kier alpha value is -1.38. The van der Waals surface area contributed by atoms with Gasteiger partial charge in [0.1, 0.15) is 5.75 Å². The fourth-order valence-electron chi connectivity index (χ4n) is 2.06. The molecule has 0 aromatic heterocycles. The van der Waals surface area contributed by atoms with Crippen LogP contribution in [0.15, 0.2) is 18.2 Å². The quantitative estimate of drug-likeness (QED) is 0.545. The average molecular weight is 248 g/mol. The second-order valence-corrected chi connectivity index (χ2v) is 5.08. The van der Waals surface area contributed by atoms with E-state index in [0.29, 0.717) is 0 Å². The predicted octanol–water partition coefficient (Wildman–Crippen LogP) is 3.66. The zero-order valence-electron chi connectivity index (χ0n) is 11.2. The molecule has 0 bridgehead atoms. The van der Waals surface area contributed by atoms with Crippen LogP contribution < -0.4 is 15.8 Å². The Labute approximate surface area is 110 Å². The van der Waals surface area contributed by atoms with Crippen molar-refractivity contribution in [3.63, 3.8) is 0 Å². The molecule has 0 unspecified atom stereocenters. The molecule has 0 saturated heterocycles. The van der Waals surface area contributed by atoms with Crippen molar-refractivity contribution >= 4 is 11.4 Å². The Balaban J connectivity index is 1.82. The van der Waals surface area contributed by atoms with E-state index in [1.165, 1.54) is 25.7 Å². The van der Waals surface area contributed by atoms with Gasteiger partial charge in [-0.05, 0) is 37.3 Å². The molecule has 1 fully saturated rings. The number of hydrogen-bond donors (Lipinski definition) is 2. The zero-order valence-corrected chi connectivity index (χ0v) is 11.2. The molecule has 1 saturated carbocycles. The normalized spacial score (nSPS) is 14.5. The van der Waals surface area contributed by atoms with Crippen LogP contribution in [0.2, 0.25) is 0 Å². The van der Waals surface area contributed by atoms with Gasteiger partial charge in [-0.2, -0.15) is 0 Å². The second-order valence-electron chi connectivity index (χ2n) is 5.08. The Kier molecular flexibility index (Phi) is 4.73. The van der Waals surface area contributed by atoms with Gasteiger partial charge in [-0.25, -0.2) is 0 Å². The summed E-state index contributed by atoms with van der Waals surface area (Å²) < 4.78 is 5.62. The third-order valence-corrected chi connectivity index (χ3v) is 3.33. The van der Waals surface area contributed by atoms with Gasteiger partial charge in [-0.3, -0.25) is 0 Å². The molecule has 0 spiro atoms. The van der Waals surface area contributed by atoms with Gasteiger partial charge < -0.3 is 15.8 Å². The minimum Gasteiger partial charge on any atom is -0.491 e. The van der Waals surface area contributed by atoms with Gasteiger partial charge in [-0.15, -0.1) is 0 Å². The highest BCUT2D eigenvalue weighted by molar-refractivity contribution is 5.72. The molecule has 100 valence electrons. The number of benzene rings is 1. The molecule has 0 radical (unpaired) electrons. The monoisotopic (exact) mass is 248 g/mol. The van der Waals surface area contributed by atoms with Crippen LogP contribution in [0.3, 0.4) is 0 Å². The molecule has 0 amide bonds. The molecule has 0 heterocycles. The van der Waals surface area contributed by atoms with Crippen LogP contribution in [0.5, 0.6) is 5.75 Å². The number of rotatable bonds is 8. The van der Waals surface area contributed by atoms with E-state index < -0.39 is 0 Å². The van der Waals surface area contributed by atoms with Crippen LogP contribution in [0.25, 0.3) is 0 Å². The van der Waals surface area contributed by atoms with E-state index >= 15 is 0 Å². The third kappa shape index (κ3) is 3.83. The number of nitrogens with two attached hydrogens (primary N) is 1. The zero-order chi connectivity index (χ0) is 12.8. The lowest BCUT2D eigenvalue weighted by molar-refractivity contribution is 0.319. The van der Waals surface area contributed by atoms with E-state index in [1.54, 1.807) is 0 Å².